The minimum atomic E-state index is -0.601. The first-order chi connectivity index (χ1) is 20.5. The molecule has 0 bridgehead atoms. The summed E-state index contributed by atoms with van der Waals surface area (Å²) in [7, 11) is 0. The maximum atomic E-state index is 13.5. The number of nitro groups is 1. The predicted molar refractivity (Wildman–Crippen MR) is 157 cm³/mol. The number of rotatable bonds is 6. The molecule has 1 aromatic heterocycles. The minimum Gasteiger partial charge on any atom is -0.267 e. The second-order valence-corrected chi connectivity index (χ2v) is 9.30. The topological polar surface area (TPSA) is 123 Å². The third-order valence-corrected chi connectivity index (χ3v) is 6.55. The van der Waals surface area contributed by atoms with Gasteiger partial charge in [0.05, 0.1) is 10.6 Å². The summed E-state index contributed by atoms with van der Waals surface area (Å²) in [6, 6.07) is 33.3. The van der Waals surface area contributed by atoms with Crippen molar-refractivity contribution in [3.8, 4) is 16.9 Å². The predicted octanol–water partition coefficient (Wildman–Crippen LogP) is 5.42. The van der Waals surface area contributed by atoms with Crippen molar-refractivity contribution in [2.24, 2.45) is 4.99 Å². The lowest BCUT2D eigenvalue weighted by Gasteiger charge is -2.28. The molecule has 204 valence electrons. The first-order valence-electron chi connectivity index (χ1n) is 12.9. The van der Waals surface area contributed by atoms with Crippen molar-refractivity contribution < 1.29 is 14.5 Å². The van der Waals surface area contributed by atoms with Crippen LogP contribution in [-0.4, -0.2) is 37.4 Å². The number of amidine groups is 1. The Kier molecular flexibility index (Phi) is 6.92. The molecule has 0 spiro atoms. The maximum Gasteiger partial charge on any atom is 0.288 e. The van der Waals surface area contributed by atoms with Crippen molar-refractivity contribution >= 4 is 29.4 Å². The lowest BCUT2D eigenvalue weighted by Crippen LogP contribution is -2.53. The van der Waals surface area contributed by atoms with Gasteiger partial charge in [-0.05, 0) is 30.3 Å². The quantitative estimate of drug-likeness (QED) is 0.171. The highest BCUT2D eigenvalue weighted by molar-refractivity contribution is 6.18. The zero-order valence-corrected chi connectivity index (χ0v) is 22.0. The molecule has 2 heterocycles. The molecule has 42 heavy (non-hydrogen) atoms. The van der Waals surface area contributed by atoms with E-state index in [4.69, 9.17) is 5.10 Å². The molecule has 1 aliphatic heterocycles. The van der Waals surface area contributed by atoms with Gasteiger partial charge in [0.1, 0.15) is 11.4 Å². The van der Waals surface area contributed by atoms with Crippen LogP contribution in [0.5, 0.6) is 0 Å². The monoisotopic (exact) mass is 554 g/mol. The van der Waals surface area contributed by atoms with Crippen LogP contribution in [0.25, 0.3) is 23.0 Å². The number of carbonyl (C=O) groups is 2. The fourth-order valence-electron chi connectivity index (χ4n) is 4.48. The number of para-hydroxylation sites is 1. The van der Waals surface area contributed by atoms with Crippen LogP contribution in [0.15, 0.2) is 132 Å². The van der Waals surface area contributed by atoms with Crippen LogP contribution in [0.4, 0.5) is 5.69 Å². The van der Waals surface area contributed by atoms with Gasteiger partial charge < -0.3 is 0 Å². The van der Waals surface area contributed by atoms with E-state index in [9.17, 15) is 19.7 Å². The number of nitro benzene ring substituents is 1. The number of hydrogen-bond acceptors (Lipinski definition) is 6. The average Bonchev–Trinajstić information content (AvgIpc) is 3.46. The highest BCUT2D eigenvalue weighted by Gasteiger charge is 2.31. The Morgan fingerprint density at radius 2 is 1.40 bits per heavy atom. The number of amides is 2. The zero-order chi connectivity index (χ0) is 29.1. The smallest absolute Gasteiger partial charge is 0.267 e. The van der Waals surface area contributed by atoms with Crippen molar-refractivity contribution in [3.05, 3.63) is 154 Å². The number of nitrogens with zero attached hydrogens (tertiary/aromatic N) is 5. The van der Waals surface area contributed by atoms with Crippen molar-refractivity contribution in [1.82, 2.24) is 20.2 Å². The SMILES string of the molecule is O=C1NN(C(=O)c2ccc([N+](=O)[O-])cc2)C(c2ccccc2)=N/C1=C\c1cn(-c2ccccc2)nc1-c1ccccc1. The highest BCUT2D eigenvalue weighted by atomic mass is 16.6. The second kappa shape index (κ2) is 11.1. The molecule has 0 unspecified atom stereocenters. The van der Waals surface area contributed by atoms with E-state index in [1.807, 2.05) is 72.9 Å². The van der Waals surface area contributed by atoms with E-state index in [1.165, 1.54) is 24.3 Å². The van der Waals surface area contributed by atoms with E-state index in [0.717, 1.165) is 16.3 Å². The summed E-state index contributed by atoms with van der Waals surface area (Å²) in [5, 5.41) is 16.9. The molecule has 0 saturated carbocycles. The van der Waals surface area contributed by atoms with Crippen molar-refractivity contribution in [1.29, 1.82) is 0 Å². The third kappa shape index (κ3) is 5.19. The molecule has 0 atom stereocenters. The van der Waals surface area contributed by atoms with Crippen LogP contribution in [0.1, 0.15) is 21.5 Å². The fraction of sp³-hybridized carbons (Fsp3) is 0. The summed E-state index contributed by atoms with van der Waals surface area (Å²) in [5.74, 6) is -1.00. The summed E-state index contributed by atoms with van der Waals surface area (Å²) >= 11 is 0. The molecule has 10 nitrogen and oxygen atoms in total. The van der Waals surface area contributed by atoms with Gasteiger partial charge in [-0.2, -0.15) is 10.1 Å². The van der Waals surface area contributed by atoms with E-state index in [1.54, 1.807) is 35.0 Å². The number of nitrogens with one attached hydrogen (secondary N) is 1. The van der Waals surface area contributed by atoms with Gasteiger partial charge in [0, 0.05) is 40.6 Å². The number of benzene rings is 4. The number of hydrogen-bond donors (Lipinski definition) is 1. The van der Waals surface area contributed by atoms with E-state index in [2.05, 4.69) is 10.4 Å². The molecule has 1 aliphatic rings. The van der Waals surface area contributed by atoms with Crippen molar-refractivity contribution in [3.63, 3.8) is 0 Å². The molecular weight excluding hydrogens is 532 g/mol. The van der Waals surface area contributed by atoms with E-state index in [0.29, 0.717) is 16.8 Å². The van der Waals surface area contributed by atoms with Gasteiger partial charge >= 0.3 is 0 Å². The molecule has 0 fully saturated rings. The highest BCUT2D eigenvalue weighted by Crippen LogP contribution is 2.27. The van der Waals surface area contributed by atoms with Gasteiger partial charge in [-0.25, -0.2) is 9.67 Å². The Bertz CT molecular complexity index is 1850. The number of hydrazine groups is 1. The molecule has 10 heteroatoms. The lowest BCUT2D eigenvalue weighted by atomic mass is 10.1. The van der Waals surface area contributed by atoms with Crippen LogP contribution in [0.2, 0.25) is 0 Å². The Labute approximate surface area is 240 Å². The summed E-state index contributed by atoms with van der Waals surface area (Å²) in [5.41, 5.74) is 6.32. The maximum absolute atomic E-state index is 13.5. The molecule has 5 aromatic rings. The summed E-state index contributed by atoms with van der Waals surface area (Å²) in [6.45, 7) is 0. The molecule has 0 radical (unpaired) electrons. The molecule has 0 saturated heterocycles. The first kappa shape index (κ1) is 26.1. The largest absolute Gasteiger partial charge is 0.288 e. The average molecular weight is 555 g/mol. The van der Waals surface area contributed by atoms with Crippen LogP contribution >= 0.6 is 0 Å². The fourth-order valence-corrected chi connectivity index (χ4v) is 4.48. The lowest BCUT2D eigenvalue weighted by molar-refractivity contribution is -0.384. The Balaban J connectivity index is 1.45. The van der Waals surface area contributed by atoms with Crippen LogP contribution in [-0.2, 0) is 4.79 Å². The van der Waals surface area contributed by atoms with E-state index >= 15 is 0 Å². The van der Waals surface area contributed by atoms with Crippen LogP contribution in [0, 0.1) is 10.1 Å². The molecule has 4 aromatic carbocycles. The van der Waals surface area contributed by atoms with Gasteiger partial charge in [0.2, 0.25) is 0 Å². The van der Waals surface area contributed by atoms with E-state index in [-0.39, 0.29) is 22.8 Å². The van der Waals surface area contributed by atoms with Crippen molar-refractivity contribution in [2.75, 3.05) is 0 Å². The van der Waals surface area contributed by atoms with E-state index < -0.39 is 16.7 Å². The molecule has 2 amide bonds. The second-order valence-electron chi connectivity index (χ2n) is 9.30. The summed E-state index contributed by atoms with van der Waals surface area (Å²) in [6.07, 6.45) is 3.46. The Hall–Kier alpha value is -6.16. The molecular formula is C32H22N6O4. The van der Waals surface area contributed by atoms with Crippen LogP contribution in [0.3, 0.4) is 0 Å². The van der Waals surface area contributed by atoms with Gasteiger partial charge in [-0.3, -0.25) is 25.1 Å². The van der Waals surface area contributed by atoms with Gasteiger partial charge in [-0.1, -0.05) is 78.9 Å². The normalized spacial score (nSPS) is 13.9. The third-order valence-electron chi connectivity index (χ3n) is 6.55. The number of aliphatic imine (C=N–C) groups is 1. The first-order valence-corrected chi connectivity index (χ1v) is 12.9. The Morgan fingerprint density at radius 3 is 2.02 bits per heavy atom. The molecule has 0 aliphatic carbocycles. The number of carbonyl (C=O) groups excluding carboxylic acids is 2. The summed E-state index contributed by atoms with van der Waals surface area (Å²) < 4.78 is 1.74. The minimum absolute atomic E-state index is 0.0754. The summed E-state index contributed by atoms with van der Waals surface area (Å²) in [4.78, 5) is 42.1. The van der Waals surface area contributed by atoms with Crippen LogP contribution < -0.4 is 5.43 Å². The zero-order valence-electron chi connectivity index (χ0n) is 22.0. The molecule has 6 rings (SSSR count). The number of non-ortho nitro benzene ring substituents is 1. The molecule has 1 N–H and O–H groups in total. The van der Waals surface area contributed by atoms with Gasteiger partial charge in [-0.15, -0.1) is 0 Å². The van der Waals surface area contributed by atoms with Gasteiger partial charge in [0.25, 0.3) is 17.5 Å². The Morgan fingerprint density at radius 1 is 0.810 bits per heavy atom. The number of aromatic nitrogens is 2. The van der Waals surface area contributed by atoms with Gasteiger partial charge in [0.15, 0.2) is 5.84 Å². The van der Waals surface area contributed by atoms with Crippen molar-refractivity contribution in [2.45, 2.75) is 0 Å². The standard InChI is InChI=1S/C32H22N6O4/c39-31-28(20-25-21-36(26-14-8-3-9-15-26)34-29(25)22-10-4-1-5-11-22)33-30(23-12-6-2-7-13-23)37(35-31)32(40)24-16-18-27(19-17-24)38(41)42/h1-21H,(H,35,39)/b28-20-.